The molecule has 0 aliphatic heterocycles. The number of benzene rings is 1. The van der Waals surface area contributed by atoms with Crippen molar-refractivity contribution >= 4 is 11.8 Å². The maximum atomic E-state index is 13.7. The van der Waals surface area contributed by atoms with Gasteiger partial charge in [-0.3, -0.25) is 5.10 Å². The molecule has 0 saturated heterocycles. The second kappa shape index (κ2) is 5.93. The summed E-state index contributed by atoms with van der Waals surface area (Å²) in [5, 5.41) is 17.5. The normalized spacial score (nSPS) is 22.9. The van der Waals surface area contributed by atoms with Crippen LogP contribution in [0.3, 0.4) is 0 Å². The Kier molecular flexibility index (Phi) is 4.03. The molecule has 1 aliphatic carbocycles. The molecule has 0 amide bonds. The first-order chi connectivity index (χ1) is 9.74. The van der Waals surface area contributed by atoms with E-state index in [9.17, 15) is 9.50 Å². The van der Waals surface area contributed by atoms with E-state index in [1.807, 2.05) is 0 Å². The molecule has 1 saturated carbocycles. The Morgan fingerprint density at radius 3 is 2.85 bits per heavy atom. The standard InChI is InChI=1S/C14H16FN3OS/c15-10-6-2-1-5-9(10)13-16-14(18-17-13)20-12-8-4-3-7-11(12)19/h1-2,5-6,11-12,19H,3-4,7-8H2,(H,16,17,18). The molecule has 2 unspecified atom stereocenters. The Morgan fingerprint density at radius 2 is 2.05 bits per heavy atom. The molecule has 1 aromatic carbocycles. The fourth-order valence-corrected chi connectivity index (χ4v) is 3.51. The van der Waals surface area contributed by atoms with Crippen LogP contribution in [-0.2, 0) is 0 Å². The van der Waals surface area contributed by atoms with Crippen molar-refractivity contribution in [2.75, 3.05) is 0 Å². The van der Waals surface area contributed by atoms with Gasteiger partial charge < -0.3 is 5.11 Å². The number of H-pyrrole nitrogens is 1. The maximum absolute atomic E-state index is 13.7. The van der Waals surface area contributed by atoms with Gasteiger partial charge in [0, 0.05) is 5.25 Å². The molecule has 106 valence electrons. The van der Waals surface area contributed by atoms with Gasteiger partial charge in [-0.1, -0.05) is 36.7 Å². The van der Waals surface area contributed by atoms with Gasteiger partial charge in [0.2, 0.25) is 5.16 Å². The number of aromatic amines is 1. The summed E-state index contributed by atoms with van der Waals surface area (Å²) in [4.78, 5) is 4.32. The van der Waals surface area contributed by atoms with E-state index in [4.69, 9.17) is 0 Å². The first-order valence-corrected chi connectivity index (χ1v) is 7.64. The topological polar surface area (TPSA) is 61.8 Å². The summed E-state index contributed by atoms with van der Waals surface area (Å²) >= 11 is 1.47. The highest BCUT2D eigenvalue weighted by molar-refractivity contribution is 7.99. The minimum atomic E-state index is -0.321. The van der Waals surface area contributed by atoms with Crippen molar-refractivity contribution in [2.45, 2.75) is 42.2 Å². The van der Waals surface area contributed by atoms with E-state index in [-0.39, 0.29) is 17.2 Å². The minimum Gasteiger partial charge on any atom is -0.392 e. The van der Waals surface area contributed by atoms with Crippen LogP contribution in [0.4, 0.5) is 4.39 Å². The number of hydrogen-bond donors (Lipinski definition) is 2. The first-order valence-electron chi connectivity index (χ1n) is 6.76. The molecule has 2 N–H and O–H groups in total. The van der Waals surface area contributed by atoms with Crippen LogP contribution in [0.25, 0.3) is 11.4 Å². The summed E-state index contributed by atoms with van der Waals surface area (Å²) < 4.78 is 13.7. The van der Waals surface area contributed by atoms with Gasteiger partial charge >= 0.3 is 0 Å². The number of nitrogens with one attached hydrogen (secondary N) is 1. The molecule has 2 aromatic rings. The van der Waals surface area contributed by atoms with Crippen molar-refractivity contribution in [3.63, 3.8) is 0 Å². The SMILES string of the molecule is OC1CCCCC1Sc1n[nH]c(-c2ccccc2F)n1. The Bertz CT molecular complexity index is 589. The van der Waals surface area contributed by atoms with E-state index < -0.39 is 0 Å². The highest BCUT2D eigenvalue weighted by Gasteiger charge is 2.25. The van der Waals surface area contributed by atoms with E-state index in [2.05, 4.69) is 15.2 Å². The molecule has 1 heterocycles. The third-order valence-electron chi connectivity index (χ3n) is 3.52. The Balaban J connectivity index is 1.75. The number of halogens is 1. The summed E-state index contributed by atoms with van der Waals surface area (Å²) in [5.41, 5.74) is 0.413. The molecule has 3 rings (SSSR count). The van der Waals surface area contributed by atoms with Gasteiger partial charge in [-0.2, -0.15) is 0 Å². The summed E-state index contributed by atoms with van der Waals surface area (Å²) in [7, 11) is 0. The van der Waals surface area contributed by atoms with Crippen molar-refractivity contribution in [3.8, 4) is 11.4 Å². The van der Waals surface area contributed by atoms with Gasteiger partial charge in [0.15, 0.2) is 5.82 Å². The van der Waals surface area contributed by atoms with Gasteiger partial charge in [0.05, 0.1) is 11.7 Å². The zero-order valence-corrected chi connectivity index (χ0v) is 11.7. The monoisotopic (exact) mass is 293 g/mol. The minimum absolute atomic E-state index is 0.132. The number of nitrogens with zero attached hydrogens (tertiary/aromatic N) is 2. The Hall–Kier alpha value is -1.40. The Labute approximate surface area is 120 Å². The number of hydrogen-bond acceptors (Lipinski definition) is 4. The lowest BCUT2D eigenvalue weighted by Gasteiger charge is -2.25. The molecular formula is C14H16FN3OS. The summed E-state index contributed by atoms with van der Waals surface area (Å²) in [6.45, 7) is 0. The van der Waals surface area contributed by atoms with Crippen molar-refractivity contribution in [3.05, 3.63) is 30.1 Å². The van der Waals surface area contributed by atoms with Crippen molar-refractivity contribution in [1.29, 1.82) is 0 Å². The van der Waals surface area contributed by atoms with Gasteiger partial charge in [-0.25, -0.2) is 9.37 Å². The first kappa shape index (κ1) is 13.6. The number of rotatable bonds is 3. The van der Waals surface area contributed by atoms with Crippen LogP contribution < -0.4 is 0 Å². The van der Waals surface area contributed by atoms with E-state index in [0.717, 1.165) is 25.7 Å². The highest BCUT2D eigenvalue weighted by atomic mass is 32.2. The second-order valence-electron chi connectivity index (χ2n) is 4.95. The van der Waals surface area contributed by atoms with E-state index in [1.54, 1.807) is 18.2 Å². The van der Waals surface area contributed by atoms with Crippen LogP contribution in [0.15, 0.2) is 29.4 Å². The van der Waals surface area contributed by atoms with Crippen LogP contribution in [0.5, 0.6) is 0 Å². The number of thioether (sulfide) groups is 1. The third kappa shape index (κ3) is 2.86. The quantitative estimate of drug-likeness (QED) is 0.913. The van der Waals surface area contributed by atoms with Gasteiger partial charge in [-0.15, -0.1) is 5.10 Å². The molecule has 0 radical (unpaired) electrons. The van der Waals surface area contributed by atoms with E-state index in [0.29, 0.717) is 16.5 Å². The van der Waals surface area contributed by atoms with Gasteiger partial charge in [0.25, 0.3) is 0 Å². The van der Waals surface area contributed by atoms with Crippen LogP contribution in [0.1, 0.15) is 25.7 Å². The zero-order valence-electron chi connectivity index (χ0n) is 10.9. The molecule has 1 aliphatic rings. The molecule has 1 fully saturated rings. The summed E-state index contributed by atoms with van der Waals surface area (Å²) in [5.74, 6) is 0.105. The fraction of sp³-hybridized carbons (Fsp3) is 0.429. The van der Waals surface area contributed by atoms with E-state index in [1.165, 1.54) is 17.8 Å². The predicted octanol–water partition coefficient (Wildman–Crippen LogP) is 3.01. The molecule has 6 heteroatoms. The molecule has 2 atom stereocenters. The molecule has 1 aromatic heterocycles. The van der Waals surface area contributed by atoms with Crippen LogP contribution in [0.2, 0.25) is 0 Å². The van der Waals surface area contributed by atoms with Crippen molar-refractivity contribution in [2.24, 2.45) is 0 Å². The molecule has 20 heavy (non-hydrogen) atoms. The maximum Gasteiger partial charge on any atom is 0.209 e. The lowest BCUT2D eigenvalue weighted by Crippen LogP contribution is -2.26. The number of aliphatic hydroxyl groups is 1. The Morgan fingerprint density at radius 1 is 1.25 bits per heavy atom. The molecule has 0 bridgehead atoms. The second-order valence-corrected chi connectivity index (χ2v) is 6.16. The average Bonchev–Trinajstić information content (AvgIpc) is 2.90. The molecular weight excluding hydrogens is 277 g/mol. The number of aromatic nitrogens is 3. The van der Waals surface area contributed by atoms with Crippen LogP contribution >= 0.6 is 11.8 Å². The van der Waals surface area contributed by atoms with Crippen LogP contribution in [-0.4, -0.2) is 31.6 Å². The largest absolute Gasteiger partial charge is 0.392 e. The fourth-order valence-electron chi connectivity index (χ4n) is 2.42. The molecule has 0 spiro atoms. The smallest absolute Gasteiger partial charge is 0.209 e. The van der Waals surface area contributed by atoms with Crippen LogP contribution in [0, 0.1) is 5.82 Å². The zero-order chi connectivity index (χ0) is 13.9. The summed E-state index contributed by atoms with van der Waals surface area (Å²) in [6.07, 6.45) is 3.70. The van der Waals surface area contributed by atoms with E-state index >= 15 is 0 Å². The predicted molar refractivity (Wildman–Crippen MR) is 75.9 cm³/mol. The average molecular weight is 293 g/mol. The highest BCUT2D eigenvalue weighted by Crippen LogP contribution is 2.33. The lowest BCUT2D eigenvalue weighted by atomic mass is 9.97. The van der Waals surface area contributed by atoms with Crippen molar-refractivity contribution in [1.82, 2.24) is 15.2 Å². The van der Waals surface area contributed by atoms with Gasteiger partial charge in [-0.05, 0) is 25.0 Å². The lowest BCUT2D eigenvalue weighted by molar-refractivity contribution is 0.137. The molecule has 4 nitrogen and oxygen atoms in total. The summed E-state index contributed by atoms with van der Waals surface area (Å²) in [6, 6.07) is 6.47. The van der Waals surface area contributed by atoms with Crippen molar-refractivity contribution < 1.29 is 9.50 Å². The number of aliphatic hydroxyl groups excluding tert-OH is 1. The van der Waals surface area contributed by atoms with Gasteiger partial charge in [0.1, 0.15) is 5.82 Å². The third-order valence-corrected chi connectivity index (χ3v) is 4.76.